The summed E-state index contributed by atoms with van der Waals surface area (Å²) in [6, 6.07) is 8.82. The molecule has 8 heteroatoms. The molecule has 0 bridgehead atoms. The Morgan fingerprint density at radius 3 is 2.52 bits per heavy atom. The van der Waals surface area contributed by atoms with Gasteiger partial charge in [-0.25, -0.2) is 0 Å². The van der Waals surface area contributed by atoms with Gasteiger partial charge in [0.1, 0.15) is 6.07 Å². The van der Waals surface area contributed by atoms with Crippen molar-refractivity contribution in [2.75, 3.05) is 0 Å². The molecule has 2 aliphatic rings. The van der Waals surface area contributed by atoms with Crippen LogP contribution in [0.4, 0.5) is 13.2 Å². The average molecular weight is 322 g/mol. The summed E-state index contributed by atoms with van der Waals surface area (Å²) in [4.78, 5) is 0. The molecule has 2 aliphatic heterocycles. The molecule has 3 atom stereocenters. The zero-order chi connectivity index (χ0) is 16.8. The third-order valence-corrected chi connectivity index (χ3v) is 3.99. The highest BCUT2D eigenvalue weighted by molar-refractivity contribution is 5.94. The molecule has 0 saturated carbocycles. The number of aryl methyl sites for hydroxylation is 1. The number of hydrogen-bond acceptors (Lipinski definition) is 5. The molecule has 120 valence electrons. The Morgan fingerprint density at radius 1 is 1.30 bits per heavy atom. The molecule has 1 aromatic rings. The molecular weight excluding hydrogens is 309 g/mol. The van der Waals surface area contributed by atoms with Crippen LogP contribution in [-0.4, -0.2) is 18.1 Å². The summed E-state index contributed by atoms with van der Waals surface area (Å²) in [5.74, 6) is -2.21. The van der Waals surface area contributed by atoms with E-state index in [0.717, 1.165) is 5.56 Å². The Hall–Kier alpha value is -2.69. The smallest absolute Gasteiger partial charge is 0.431 e. The first-order valence-corrected chi connectivity index (χ1v) is 6.86. The van der Waals surface area contributed by atoms with Crippen molar-refractivity contribution in [2.24, 2.45) is 16.8 Å². The maximum Gasteiger partial charge on any atom is 0.431 e. The van der Waals surface area contributed by atoms with E-state index in [9.17, 15) is 18.4 Å². The highest BCUT2D eigenvalue weighted by atomic mass is 19.4. The van der Waals surface area contributed by atoms with E-state index in [1.807, 2.05) is 13.0 Å². The maximum atomic E-state index is 13.3. The summed E-state index contributed by atoms with van der Waals surface area (Å²) in [6.07, 6.45) is -5.67. The third kappa shape index (κ3) is 2.48. The molecule has 0 amide bonds. The van der Waals surface area contributed by atoms with Crippen LogP contribution < -0.4 is 11.2 Å². The molecular formula is C15H13F3N4O. The third-order valence-electron chi connectivity index (χ3n) is 3.99. The van der Waals surface area contributed by atoms with Crippen LogP contribution in [-0.2, 0) is 4.74 Å². The van der Waals surface area contributed by atoms with Crippen LogP contribution in [0.3, 0.4) is 0 Å². The van der Waals surface area contributed by atoms with E-state index < -0.39 is 30.0 Å². The van der Waals surface area contributed by atoms with E-state index in [0.29, 0.717) is 5.56 Å². The van der Waals surface area contributed by atoms with Gasteiger partial charge in [0, 0.05) is 5.92 Å². The molecule has 5 nitrogen and oxygen atoms in total. The van der Waals surface area contributed by atoms with Crippen LogP contribution >= 0.6 is 0 Å². The largest absolute Gasteiger partial charge is 0.453 e. The van der Waals surface area contributed by atoms with E-state index in [4.69, 9.17) is 10.5 Å². The van der Waals surface area contributed by atoms with E-state index in [1.54, 1.807) is 24.3 Å². The second kappa shape index (κ2) is 5.19. The van der Waals surface area contributed by atoms with Gasteiger partial charge in [-0.05, 0) is 12.5 Å². The van der Waals surface area contributed by atoms with Crippen LogP contribution in [0, 0.1) is 24.2 Å². The average Bonchev–Trinajstić information content (AvgIpc) is 2.90. The first-order valence-electron chi connectivity index (χ1n) is 6.86. The first-order chi connectivity index (χ1) is 10.8. The summed E-state index contributed by atoms with van der Waals surface area (Å²) < 4.78 is 45.0. The van der Waals surface area contributed by atoms with Gasteiger partial charge in [0.25, 0.3) is 0 Å². The molecule has 0 aliphatic carbocycles. The molecule has 0 aromatic heterocycles. The predicted molar refractivity (Wildman–Crippen MR) is 75.7 cm³/mol. The number of fused-ring (bicyclic) bond motifs is 1. The molecule has 3 rings (SSSR count). The van der Waals surface area contributed by atoms with Crippen molar-refractivity contribution in [1.82, 2.24) is 5.43 Å². The highest BCUT2D eigenvalue weighted by Crippen LogP contribution is 2.44. The lowest BCUT2D eigenvalue weighted by Crippen LogP contribution is -2.45. The molecule has 0 fully saturated rings. The van der Waals surface area contributed by atoms with Gasteiger partial charge in [-0.3, -0.25) is 5.43 Å². The first kappa shape index (κ1) is 15.2. The molecule has 0 radical (unpaired) electrons. The summed E-state index contributed by atoms with van der Waals surface area (Å²) in [5.41, 5.74) is 8.56. The van der Waals surface area contributed by atoms with Crippen LogP contribution in [0.5, 0.6) is 0 Å². The number of rotatable bonds is 1. The van der Waals surface area contributed by atoms with Gasteiger partial charge in [0.05, 0.1) is 11.5 Å². The number of halogens is 3. The minimum absolute atomic E-state index is 0.0178. The number of allylic oxidation sites excluding steroid dienone is 1. The Kier molecular flexibility index (Phi) is 3.43. The number of hydrogen-bond donors (Lipinski definition) is 2. The fourth-order valence-corrected chi connectivity index (χ4v) is 2.92. The van der Waals surface area contributed by atoms with Crippen molar-refractivity contribution in [2.45, 2.75) is 25.2 Å². The number of ether oxygens (including phenoxy) is 1. The van der Waals surface area contributed by atoms with Crippen molar-refractivity contribution < 1.29 is 17.9 Å². The number of benzene rings is 1. The normalized spacial score (nSPS) is 26.7. The predicted octanol–water partition coefficient (Wildman–Crippen LogP) is 2.27. The van der Waals surface area contributed by atoms with E-state index in [2.05, 4.69) is 10.5 Å². The summed E-state index contributed by atoms with van der Waals surface area (Å²) in [6.45, 7) is 1.87. The van der Waals surface area contributed by atoms with Crippen molar-refractivity contribution in [3.05, 3.63) is 46.8 Å². The molecule has 0 saturated heterocycles. The van der Waals surface area contributed by atoms with Crippen LogP contribution in [0.25, 0.3) is 0 Å². The molecule has 23 heavy (non-hydrogen) atoms. The lowest BCUT2D eigenvalue weighted by Gasteiger charge is -2.34. The molecule has 3 N–H and O–H groups in total. The van der Waals surface area contributed by atoms with Gasteiger partial charge in [-0.2, -0.15) is 23.5 Å². The van der Waals surface area contributed by atoms with Gasteiger partial charge >= 0.3 is 6.18 Å². The molecule has 1 aromatic carbocycles. The fraction of sp³-hybridized carbons (Fsp3) is 0.333. The number of nitrogens with zero attached hydrogens (tertiary/aromatic N) is 2. The van der Waals surface area contributed by atoms with Crippen LogP contribution in [0.15, 0.2) is 40.8 Å². The monoisotopic (exact) mass is 322 g/mol. The molecule has 2 heterocycles. The zero-order valence-corrected chi connectivity index (χ0v) is 12.1. The van der Waals surface area contributed by atoms with E-state index >= 15 is 0 Å². The number of hydrazone groups is 1. The number of alkyl halides is 3. The standard InChI is InChI=1S/C15H13F3N4O/c1-7-2-4-8(5-3-7)10-9(6-19)13(20)23-14-11(10)12(21-22-14)15(16,17)18/h2-5,10-11,14,22H,20H2,1H3. The van der Waals surface area contributed by atoms with Crippen molar-refractivity contribution in [1.29, 1.82) is 5.26 Å². The van der Waals surface area contributed by atoms with Crippen molar-refractivity contribution in [3.63, 3.8) is 0 Å². The second-order valence-electron chi connectivity index (χ2n) is 5.47. The highest BCUT2D eigenvalue weighted by Gasteiger charge is 2.55. The second-order valence-corrected chi connectivity index (χ2v) is 5.47. The molecule has 3 unspecified atom stereocenters. The summed E-state index contributed by atoms with van der Waals surface area (Å²) >= 11 is 0. The minimum atomic E-state index is -4.62. The SMILES string of the molecule is Cc1ccc(C2C(C#N)=C(N)OC3NN=C(C(F)(F)F)C32)cc1. The number of nitriles is 1. The number of nitrogens with two attached hydrogens (primary N) is 1. The van der Waals surface area contributed by atoms with Crippen molar-refractivity contribution >= 4 is 5.71 Å². The van der Waals surface area contributed by atoms with E-state index in [-0.39, 0.29) is 11.5 Å². The topological polar surface area (TPSA) is 83.4 Å². The molecule has 0 spiro atoms. The van der Waals surface area contributed by atoms with E-state index in [1.165, 1.54) is 0 Å². The van der Waals surface area contributed by atoms with Gasteiger partial charge < -0.3 is 10.5 Å². The van der Waals surface area contributed by atoms with Crippen molar-refractivity contribution in [3.8, 4) is 6.07 Å². The van der Waals surface area contributed by atoms with Gasteiger partial charge in [-0.15, -0.1) is 0 Å². The Balaban J connectivity index is 2.13. The number of nitrogens with one attached hydrogen (secondary N) is 1. The Bertz CT molecular complexity index is 731. The van der Waals surface area contributed by atoms with Gasteiger partial charge in [0.15, 0.2) is 11.9 Å². The van der Waals surface area contributed by atoms with Crippen LogP contribution in [0.2, 0.25) is 0 Å². The lowest BCUT2D eigenvalue weighted by atomic mass is 9.76. The van der Waals surface area contributed by atoms with Gasteiger partial charge in [0.2, 0.25) is 5.88 Å². The Morgan fingerprint density at radius 2 is 1.96 bits per heavy atom. The van der Waals surface area contributed by atoms with Crippen LogP contribution in [0.1, 0.15) is 17.0 Å². The fourth-order valence-electron chi connectivity index (χ4n) is 2.92. The summed E-state index contributed by atoms with van der Waals surface area (Å²) in [7, 11) is 0. The Labute approximate surface area is 130 Å². The summed E-state index contributed by atoms with van der Waals surface area (Å²) in [5, 5.41) is 12.7. The lowest BCUT2D eigenvalue weighted by molar-refractivity contribution is -0.0661. The maximum absolute atomic E-state index is 13.3. The zero-order valence-electron chi connectivity index (χ0n) is 12.1. The minimum Gasteiger partial charge on any atom is -0.453 e. The van der Waals surface area contributed by atoms with Gasteiger partial charge in [-0.1, -0.05) is 29.8 Å². The quantitative estimate of drug-likeness (QED) is 0.831.